The Kier molecular flexibility index (Phi) is 4.99. The second kappa shape index (κ2) is 6.74. The summed E-state index contributed by atoms with van der Waals surface area (Å²) in [4.78, 5) is 26.5. The fraction of sp³-hybridized carbons (Fsp3) is 0.167. The Morgan fingerprint density at radius 3 is 2.95 bits per heavy atom. The van der Waals surface area contributed by atoms with E-state index in [1.165, 1.54) is 29.5 Å². The number of carbonyl (C=O) groups is 1. The van der Waals surface area contributed by atoms with Crippen molar-refractivity contribution in [1.82, 2.24) is 4.98 Å². The summed E-state index contributed by atoms with van der Waals surface area (Å²) in [6.07, 6.45) is 0.610. The Hall–Kier alpha value is -1.84. The average molecular weight is 371 g/mol. The van der Waals surface area contributed by atoms with Crippen LogP contribution in [0.2, 0.25) is 0 Å². The molecule has 2 rings (SSSR count). The van der Waals surface area contributed by atoms with Crippen molar-refractivity contribution in [2.45, 2.75) is 6.42 Å². The Labute approximate surface area is 132 Å². The van der Waals surface area contributed by atoms with Gasteiger partial charge >= 0.3 is 0 Å². The molecule has 1 heterocycles. The third kappa shape index (κ3) is 3.84. The molecule has 0 bridgehead atoms. The van der Waals surface area contributed by atoms with Crippen LogP contribution in [-0.4, -0.2) is 22.4 Å². The monoisotopic (exact) mass is 370 g/mol. The molecule has 1 aromatic heterocycles. The normalized spacial score (nSPS) is 10.4. The lowest BCUT2D eigenvalue weighted by Gasteiger charge is -2.05. The number of aromatic nitrogens is 1. The Balaban J connectivity index is 2.18. The first-order chi connectivity index (χ1) is 10.0. The smallest absolute Gasteiger partial charge is 0.275 e. The Bertz CT molecular complexity index is 689. The topological polar surface area (TPSA) is 111 Å². The van der Waals surface area contributed by atoms with E-state index in [0.29, 0.717) is 23.1 Å². The van der Waals surface area contributed by atoms with E-state index in [9.17, 15) is 14.9 Å². The van der Waals surface area contributed by atoms with Gasteiger partial charge in [0, 0.05) is 28.4 Å². The van der Waals surface area contributed by atoms with E-state index in [2.05, 4.69) is 26.2 Å². The number of nitrogens with one attached hydrogen (secondary N) is 1. The second-order valence-electron chi connectivity index (χ2n) is 4.04. The molecule has 0 atom stereocenters. The van der Waals surface area contributed by atoms with Crippen LogP contribution in [0.25, 0.3) is 0 Å². The Morgan fingerprint density at radius 1 is 1.52 bits per heavy atom. The van der Waals surface area contributed by atoms with E-state index in [4.69, 9.17) is 5.73 Å². The molecule has 0 aliphatic rings. The number of hydrogen-bond donors (Lipinski definition) is 2. The molecule has 0 aliphatic heterocycles. The van der Waals surface area contributed by atoms with Crippen molar-refractivity contribution in [3.8, 4) is 0 Å². The van der Waals surface area contributed by atoms with Gasteiger partial charge in [-0.2, -0.15) is 0 Å². The number of thiazole rings is 1. The number of rotatable bonds is 5. The molecule has 0 unspecified atom stereocenters. The van der Waals surface area contributed by atoms with Crippen LogP contribution in [0.15, 0.2) is 28.1 Å². The summed E-state index contributed by atoms with van der Waals surface area (Å²) in [5.74, 6) is -0.421. The zero-order valence-electron chi connectivity index (χ0n) is 10.7. The number of nitrogens with zero attached hydrogens (tertiary/aromatic N) is 2. The number of nitro groups is 1. The minimum Gasteiger partial charge on any atom is -0.330 e. The summed E-state index contributed by atoms with van der Waals surface area (Å²) in [5.41, 5.74) is 5.92. The van der Waals surface area contributed by atoms with Crippen molar-refractivity contribution in [1.29, 1.82) is 0 Å². The maximum atomic E-state index is 12.1. The first-order valence-corrected chi connectivity index (χ1v) is 7.58. The first kappa shape index (κ1) is 15.5. The molecule has 1 aromatic carbocycles. The molecule has 0 spiro atoms. The van der Waals surface area contributed by atoms with Crippen LogP contribution in [-0.2, 0) is 6.42 Å². The third-order valence-corrected chi connectivity index (χ3v) is 4.15. The van der Waals surface area contributed by atoms with Crippen LogP contribution in [0.4, 0.5) is 11.4 Å². The van der Waals surface area contributed by atoms with Gasteiger partial charge in [0.25, 0.3) is 11.6 Å². The van der Waals surface area contributed by atoms with Crippen LogP contribution in [0.5, 0.6) is 0 Å². The predicted octanol–water partition coefficient (Wildman–Crippen LogP) is 2.57. The molecule has 3 N–H and O–H groups in total. The van der Waals surface area contributed by atoms with Crippen molar-refractivity contribution in [3.63, 3.8) is 0 Å². The van der Waals surface area contributed by atoms with Crippen molar-refractivity contribution >= 4 is 44.5 Å². The molecule has 0 radical (unpaired) electrons. The molecular formula is C12H11BrN4O3S. The lowest BCUT2D eigenvalue weighted by atomic mass is 10.2. The largest absolute Gasteiger partial charge is 0.330 e. The molecule has 7 nitrogen and oxygen atoms in total. The molecular weight excluding hydrogens is 360 g/mol. The van der Waals surface area contributed by atoms with Gasteiger partial charge in [0.2, 0.25) is 0 Å². The van der Waals surface area contributed by atoms with Crippen molar-refractivity contribution in [2.75, 3.05) is 11.9 Å². The van der Waals surface area contributed by atoms with E-state index in [0.717, 1.165) is 5.01 Å². The summed E-state index contributed by atoms with van der Waals surface area (Å²) in [5, 5.41) is 15.8. The maximum Gasteiger partial charge on any atom is 0.275 e. The number of hydrogen-bond acceptors (Lipinski definition) is 6. The van der Waals surface area contributed by atoms with Crippen molar-refractivity contribution in [3.05, 3.63) is 48.9 Å². The third-order valence-electron chi connectivity index (χ3n) is 2.55. The molecule has 110 valence electrons. The van der Waals surface area contributed by atoms with Gasteiger partial charge in [0.1, 0.15) is 5.69 Å². The SMILES string of the molecule is NCCc1nc(C(=O)Nc2cc([N+](=O)[O-])ccc2Br)cs1. The quantitative estimate of drug-likeness (QED) is 0.620. The maximum absolute atomic E-state index is 12.1. The highest BCUT2D eigenvalue weighted by atomic mass is 79.9. The molecule has 1 amide bonds. The van der Waals surface area contributed by atoms with Crippen molar-refractivity contribution in [2.24, 2.45) is 5.73 Å². The first-order valence-electron chi connectivity index (χ1n) is 5.91. The fourth-order valence-electron chi connectivity index (χ4n) is 1.56. The summed E-state index contributed by atoms with van der Waals surface area (Å²) in [6, 6.07) is 4.14. The Morgan fingerprint density at radius 2 is 2.29 bits per heavy atom. The summed E-state index contributed by atoms with van der Waals surface area (Å²) < 4.78 is 0.555. The van der Waals surface area contributed by atoms with Gasteiger partial charge in [-0.1, -0.05) is 0 Å². The van der Waals surface area contributed by atoms with Gasteiger partial charge < -0.3 is 11.1 Å². The molecule has 21 heavy (non-hydrogen) atoms. The number of anilines is 1. The highest BCUT2D eigenvalue weighted by Crippen LogP contribution is 2.27. The van der Waals surface area contributed by atoms with E-state index in [1.54, 1.807) is 5.38 Å². The van der Waals surface area contributed by atoms with Gasteiger partial charge in [0.15, 0.2) is 0 Å². The highest BCUT2D eigenvalue weighted by Gasteiger charge is 2.15. The number of benzene rings is 1. The van der Waals surface area contributed by atoms with E-state index in [-0.39, 0.29) is 11.4 Å². The molecule has 9 heteroatoms. The van der Waals surface area contributed by atoms with Crippen molar-refractivity contribution < 1.29 is 9.72 Å². The summed E-state index contributed by atoms with van der Waals surface area (Å²) in [6.45, 7) is 0.463. The van der Waals surface area contributed by atoms with Gasteiger partial charge in [0.05, 0.1) is 15.6 Å². The number of nitro benzene ring substituents is 1. The summed E-state index contributed by atoms with van der Waals surface area (Å²) in [7, 11) is 0. The molecule has 2 aromatic rings. The number of nitrogens with two attached hydrogens (primary N) is 1. The van der Waals surface area contributed by atoms with Gasteiger partial charge in [-0.3, -0.25) is 14.9 Å². The van der Waals surface area contributed by atoms with Crippen LogP contribution in [0, 0.1) is 10.1 Å². The van der Waals surface area contributed by atoms with Crippen LogP contribution >= 0.6 is 27.3 Å². The van der Waals surface area contributed by atoms with E-state index >= 15 is 0 Å². The average Bonchev–Trinajstić information content (AvgIpc) is 2.90. The van der Waals surface area contributed by atoms with E-state index < -0.39 is 10.8 Å². The van der Waals surface area contributed by atoms with Crippen LogP contribution in [0.1, 0.15) is 15.5 Å². The van der Waals surface area contributed by atoms with E-state index in [1.807, 2.05) is 0 Å². The zero-order valence-corrected chi connectivity index (χ0v) is 13.1. The minimum absolute atomic E-state index is 0.101. The lowest BCUT2D eigenvalue weighted by molar-refractivity contribution is -0.384. The van der Waals surface area contributed by atoms with Gasteiger partial charge in [-0.15, -0.1) is 11.3 Å². The number of amides is 1. The number of carbonyl (C=O) groups excluding carboxylic acids is 1. The molecule has 0 saturated carbocycles. The highest BCUT2D eigenvalue weighted by molar-refractivity contribution is 9.10. The summed E-state index contributed by atoms with van der Waals surface area (Å²) >= 11 is 4.59. The minimum atomic E-state index is -0.524. The second-order valence-corrected chi connectivity index (χ2v) is 5.84. The van der Waals surface area contributed by atoms with Gasteiger partial charge in [-0.05, 0) is 28.5 Å². The standard InChI is InChI=1S/C12H11BrN4O3S/c13-8-2-1-7(17(19)20)5-9(8)16-12(18)10-6-21-11(15-10)3-4-14/h1-2,5-6H,3-4,14H2,(H,16,18). The fourth-order valence-corrected chi connectivity index (χ4v) is 2.70. The number of halogens is 1. The number of non-ortho nitro benzene ring substituents is 1. The lowest BCUT2D eigenvalue weighted by Crippen LogP contribution is -2.13. The predicted molar refractivity (Wildman–Crippen MR) is 83.6 cm³/mol. The zero-order chi connectivity index (χ0) is 15.4. The molecule has 0 aliphatic carbocycles. The van der Waals surface area contributed by atoms with Crippen LogP contribution < -0.4 is 11.1 Å². The van der Waals surface area contributed by atoms with Gasteiger partial charge in [-0.25, -0.2) is 4.98 Å². The van der Waals surface area contributed by atoms with Crippen LogP contribution in [0.3, 0.4) is 0 Å². The molecule has 0 saturated heterocycles. The molecule has 0 fully saturated rings.